The quantitative estimate of drug-likeness (QED) is 0.659. The minimum absolute atomic E-state index is 0. The molecule has 0 aromatic carbocycles. The van der Waals surface area contributed by atoms with Crippen LogP contribution in [0.5, 0.6) is 0 Å². The third kappa shape index (κ3) is 3.11. The van der Waals surface area contributed by atoms with Crippen LogP contribution in [-0.2, 0) is 0 Å². The topological polar surface area (TPSA) is 46.2 Å². The van der Waals surface area contributed by atoms with E-state index in [0.717, 1.165) is 42.4 Å². The molecule has 4 rings (SSSR count). The molecule has 2 nitrogen and oxygen atoms in total. The van der Waals surface area contributed by atoms with Crippen molar-refractivity contribution in [3.05, 3.63) is 0 Å². The zero-order valence-electron chi connectivity index (χ0n) is 14.9. The number of fused-ring (bicyclic) bond motifs is 5. The predicted molar refractivity (Wildman–Crippen MR) is 99.2 cm³/mol. The van der Waals surface area contributed by atoms with E-state index >= 15 is 0 Å². The molecule has 4 aliphatic rings. The molecule has 0 amide bonds. The van der Waals surface area contributed by atoms with Crippen molar-refractivity contribution in [2.75, 3.05) is 0 Å². The SMILES string of the molecule is C.CC.CC12CCC3C4CCC(O)CC4CCC3C1CCC2N. The second-order valence-corrected chi connectivity index (χ2v) is 8.63. The van der Waals surface area contributed by atoms with Gasteiger partial charge in [-0.3, -0.25) is 0 Å². The summed E-state index contributed by atoms with van der Waals surface area (Å²) in [4.78, 5) is 0. The maximum atomic E-state index is 9.95. The lowest BCUT2D eigenvalue weighted by Crippen LogP contribution is -2.51. The van der Waals surface area contributed by atoms with Gasteiger partial charge in [0.25, 0.3) is 0 Å². The molecule has 0 saturated heterocycles. The van der Waals surface area contributed by atoms with Gasteiger partial charge in [0.1, 0.15) is 0 Å². The standard InChI is InChI=1S/C18H31NO.C2H6.CH4/c1-18-9-8-14-13-5-3-12(20)10-11(13)2-4-15(14)16(18)6-7-17(18)19;1-2;/h11-17,20H,2-10,19H2,1H3;1-2H3;1H4. The molecule has 0 aromatic rings. The molecular formula is C21H41NO. The van der Waals surface area contributed by atoms with Crippen LogP contribution in [0, 0.1) is 35.0 Å². The van der Waals surface area contributed by atoms with Gasteiger partial charge in [0.2, 0.25) is 0 Å². The Morgan fingerprint density at radius 1 is 0.870 bits per heavy atom. The van der Waals surface area contributed by atoms with E-state index in [2.05, 4.69) is 6.92 Å². The van der Waals surface area contributed by atoms with Gasteiger partial charge in [-0.1, -0.05) is 28.2 Å². The summed E-state index contributed by atoms with van der Waals surface area (Å²) in [6, 6.07) is 0.458. The van der Waals surface area contributed by atoms with Crippen molar-refractivity contribution in [2.24, 2.45) is 40.7 Å². The Balaban J connectivity index is 0.000000617. The number of rotatable bonds is 0. The first-order valence-electron chi connectivity index (χ1n) is 10.0. The fourth-order valence-corrected chi connectivity index (χ4v) is 6.87. The summed E-state index contributed by atoms with van der Waals surface area (Å²) < 4.78 is 0. The summed E-state index contributed by atoms with van der Waals surface area (Å²) in [7, 11) is 0. The Morgan fingerprint density at radius 2 is 1.57 bits per heavy atom. The largest absolute Gasteiger partial charge is 0.393 e. The maximum absolute atomic E-state index is 9.95. The van der Waals surface area contributed by atoms with Gasteiger partial charge in [-0.2, -0.15) is 0 Å². The zero-order valence-corrected chi connectivity index (χ0v) is 14.9. The van der Waals surface area contributed by atoms with Gasteiger partial charge >= 0.3 is 0 Å². The van der Waals surface area contributed by atoms with Gasteiger partial charge in [-0.15, -0.1) is 0 Å². The van der Waals surface area contributed by atoms with Gasteiger partial charge in [-0.25, -0.2) is 0 Å². The monoisotopic (exact) mass is 323 g/mol. The lowest BCUT2D eigenvalue weighted by Gasteiger charge is -2.55. The Labute approximate surface area is 144 Å². The highest BCUT2D eigenvalue weighted by molar-refractivity contribution is 5.07. The summed E-state index contributed by atoms with van der Waals surface area (Å²) >= 11 is 0. The fraction of sp³-hybridized carbons (Fsp3) is 1.00. The van der Waals surface area contributed by atoms with Crippen molar-refractivity contribution >= 4 is 0 Å². The van der Waals surface area contributed by atoms with E-state index in [9.17, 15) is 5.11 Å². The average molecular weight is 324 g/mol. The van der Waals surface area contributed by atoms with Crippen molar-refractivity contribution in [3.8, 4) is 0 Å². The summed E-state index contributed by atoms with van der Waals surface area (Å²) in [5, 5.41) is 9.95. The third-order valence-corrected chi connectivity index (χ3v) is 8.00. The number of nitrogens with two attached hydrogens (primary N) is 1. The Bertz CT molecular complexity index is 384. The van der Waals surface area contributed by atoms with Crippen LogP contribution in [0.25, 0.3) is 0 Å². The lowest BCUT2D eigenvalue weighted by atomic mass is 9.50. The van der Waals surface area contributed by atoms with Gasteiger partial charge in [-0.05, 0) is 92.8 Å². The third-order valence-electron chi connectivity index (χ3n) is 8.00. The second-order valence-electron chi connectivity index (χ2n) is 8.63. The Morgan fingerprint density at radius 3 is 2.30 bits per heavy atom. The van der Waals surface area contributed by atoms with Crippen LogP contribution in [0.4, 0.5) is 0 Å². The number of hydrogen-bond acceptors (Lipinski definition) is 2. The van der Waals surface area contributed by atoms with Crippen molar-refractivity contribution in [2.45, 2.75) is 98.1 Å². The molecule has 23 heavy (non-hydrogen) atoms. The molecule has 8 unspecified atom stereocenters. The van der Waals surface area contributed by atoms with Gasteiger partial charge in [0.15, 0.2) is 0 Å². The molecular weight excluding hydrogens is 282 g/mol. The molecule has 2 heteroatoms. The van der Waals surface area contributed by atoms with Crippen LogP contribution in [-0.4, -0.2) is 17.3 Å². The molecule has 4 fully saturated rings. The van der Waals surface area contributed by atoms with Crippen LogP contribution in [0.15, 0.2) is 0 Å². The van der Waals surface area contributed by atoms with Crippen molar-refractivity contribution in [1.82, 2.24) is 0 Å². The number of aliphatic hydroxyl groups excluding tert-OH is 1. The Kier molecular flexibility index (Phi) is 6.22. The second kappa shape index (κ2) is 7.44. The summed E-state index contributed by atoms with van der Waals surface area (Å²) in [6.45, 7) is 6.49. The van der Waals surface area contributed by atoms with E-state index in [1.165, 1.54) is 44.9 Å². The number of hydrogen-bond donors (Lipinski definition) is 2. The summed E-state index contributed by atoms with van der Waals surface area (Å²) in [5.74, 6) is 4.59. The van der Waals surface area contributed by atoms with E-state index in [-0.39, 0.29) is 13.5 Å². The van der Waals surface area contributed by atoms with Crippen molar-refractivity contribution < 1.29 is 5.11 Å². The minimum Gasteiger partial charge on any atom is -0.393 e. The van der Waals surface area contributed by atoms with Crippen LogP contribution in [0.2, 0.25) is 0 Å². The fourth-order valence-electron chi connectivity index (χ4n) is 6.87. The Hall–Kier alpha value is -0.0800. The smallest absolute Gasteiger partial charge is 0.0543 e. The molecule has 0 spiro atoms. The van der Waals surface area contributed by atoms with E-state index in [4.69, 9.17) is 5.73 Å². The molecule has 0 heterocycles. The first kappa shape index (κ1) is 19.2. The molecule has 4 saturated carbocycles. The van der Waals surface area contributed by atoms with Gasteiger partial charge in [0.05, 0.1) is 6.10 Å². The van der Waals surface area contributed by atoms with Crippen LogP contribution < -0.4 is 5.73 Å². The number of aliphatic hydroxyl groups is 1. The van der Waals surface area contributed by atoms with Crippen LogP contribution >= 0.6 is 0 Å². The van der Waals surface area contributed by atoms with Gasteiger partial charge < -0.3 is 10.8 Å². The normalized spacial score (nSPS) is 51.3. The van der Waals surface area contributed by atoms with E-state index in [0.29, 0.717) is 11.5 Å². The molecule has 4 aliphatic carbocycles. The van der Waals surface area contributed by atoms with Gasteiger partial charge in [0, 0.05) is 6.04 Å². The van der Waals surface area contributed by atoms with Crippen molar-refractivity contribution in [3.63, 3.8) is 0 Å². The van der Waals surface area contributed by atoms with E-state index in [1.807, 2.05) is 13.8 Å². The van der Waals surface area contributed by atoms with E-state index in [1.54, 1.807) is 0 Å². The average Bonchev–Trinajstić information content (AvgIpc) is 2.84. The molecule has 0 aromatic heterocycles. The van der Waals surface area contributed by atoms with Crippen LogP contribution in [0.1, 0.15) is 86.0 Å². The highest BCUT2D eigenvalue weighted by atomic mass is 16.3. The summed E-state index contributed by atoms with van der Waals surface area (Å²) in [6.07, 6.45) is 11.7. The molecule has 0 bridgehead atoms. The summed E-state index contributed by atoms with van der Waals surface area (Å²) in [5.41, 5.74) is 6.91. The first-order chi connectivity index (χ1) is 10.6. The molecule has 0 radical (unpaired) electrons. The highest BCUT2D eigenvalue weighted by Crippen LogP contribution is 2.61. The van der Waals surface area contributed by atoms with Crippen molar-refractivity contribution in [1.29, 1.82) is 0 Å². The lowest BCUT2D eigenvalue weighted by molar-refractivity contribution is -0.0703. The molecule has 3 N–H and O–H groups in total. The highest BCUT2D eigenvalue weighted by Gasteiger charge is 2.56. The zero-order chi connectivity index (χ0) is 15.9. The minimum atomic E-state index is 0. The molecule has 8 atom stereocenters. The maximum Gasteiger partial charge on any atom is 0.0543 e. The molecule has 0 aliphatic heterocycles. The first-order valence-corrected chi connectivity index (χ1v) is 10.0. The molecule has 136 valence electrons. The van der Waals surface area contributed by atoms with E-state index < -0.39 is 0 Å². The predicted octanol–water partition coefficient (Wildman–Crippen LogP) is 4.99. The van der Waals surface area contributed by atoms with Crippen LogP contribution in [0.3, 0.4) is 0 Å².